The molecule has 1 aliphatic heterocycles. The first kappa shape index (κ1) is 17.9. The third-order valence-electron chi connectivity index (χ3n) is 5.03. The highest BCUT2D eigenvalue weighted by Gasteiger charge is 2.31. The van der Waals surface area contributed by atoms with Gasteiger partial charge in [-0.1, -0.05) is 33.6 Å². The fourth-order valence-electron chi connectivity index (χ4n) is 3.05. The van der Waals surface area contributed by atoms with Crippen molar-refractivity contribution in [1.82, 2.24) is 10.2 Å². The largest absolute Gasteiger partial charge is 0.379 e. The normalized spacial score (nSPS) is 26.7. The summed E-state index contributed by atoms with van der Waals surface area (Å²) in [5.41, 5.74) is -0.00880. The van der Waals surface area contributed by atoms with Crippen LogP contribution in [-0.2, 0) is 4.74 Å². The molecule has 3 atom stereocenters. The molecule has 0 aromatic heterocycles. The van der Waals surface area contributed by atoms with Gasteiger partial charge < -0.3 is 10.1 Å². The molecule has 1 saturated heterocycles. The summed E-state index contributed by atoms with van der Waals surface area (Å²) >= 11 is 0. The van der Waals surface area contributed by atoms with E-state index in [4.69, 9.17) is 4.74 Å². The third-order valence-corrected chi connectivity index (χ3v) is 5.03. The lowest BCUT2D eigenvalue weighted by Crippen LogP contribution is -2.59. The Kier molecular flexibility index (Phi) is 7.49. The highest BCUT2D eigenvalue weighted by molar-refractivity contribution is 4.89. The van der Waals surface area contributed by atoms with Gasteiger partial charge in [0.15, 0.2) is 0 Å². The molecule has 0 amide bonds. The molecule has 3 nitrogen and oxygen atoms in total. The average molecular weight is 284 g/mol. The summed E-state index contributed by atoms with van der Waals surface area (Å²) in [6, 6.07) is 1.35. The van der Waals surface area contributed by atoms with Gasteiger partial charge in [-0.3, -0.25) is 4.90 Å². The monoisotopic (exact) mass is 284 g/mol. The predicted octanol–water partition coefficient (Wildman–Crippen LogP) is 3.29. The molecule has 1 rings (SSSR count). The molecule has 0 aliphatic carbocycles. The maximum absolute atomic E-state index is 5.58. The summed E-state index contributed by atoms with van der Waals surface area (Å²) in [6.07, 6.45) is 4.92. The molecule has 1 heterocycles. The summed E-state index contributed by atoms with van der Waals surface area (Å²) in [5, 5.41) is 3.75. The second kappa shape index (κ2) is 8.35. The molecule has 20 heavy (non-hydrogen) atoms. The van der Waals surface area contributed by atoms with E-state index >= 15 is 0 Å². The standard InChI is InChI=1S/C17H36N2O/c1-7-9-15-13-19(11-10-17(4,5)20-6)16(12-18-15)14(3)8-2/h14-16,18H,7-13H2,1-6H3. The Bertz CT molecular complexity index is 268. The van der Waals surface area contributed by atoms with E-state index in [9.17, 15) is 0 Å². The molecular formula is C17H36N2O. The first-order valence-electron chi connectivity index (χ1n) is 8.46. The molecule has 0 aromatic rings. The van der Waals surface area contributed by atoms with Crippen molar-refractivity contribution in [2.75, 3.05) is 26.7 Å². The van der Waals surface area contributed by atoms with Crippen LogP contribution in [0.4, 0.5) is 0 Å². The van der Waals surface area contributed by atoms with Gasteiger partial charge >= 0.3 is 0 Å². The Labute approximate surface area is 126 Å². The van der Waals surface area contributed by atoms with Gasteiger partial charge in [0.25, 0.3) is 0 Å². The van der Waals surface area contributed by atoms with Crippen LogP contribution in [0.5, 0.6) is 0 Å². The molecule has 1 fully saturated rings. The zero-order chi connectivity index (χ0) is 15.2. The zero-order valence-electron chi connectivity index (χ0n) is 14.5. The fourth-order valence-corrected chi connectivity index (χ4v) is 3.05. The number of piperazine rings is 1. The van der Waals surface area contributed by atoms with Crippen molar-refractivity contribution < 1.29 is 4.74 Å². The van der Waals surface area contributed by atoms with Crippen molar-refractivity contribution in [2.45, 2.75) is 78.0 Å². The fraction of sp³-hybridized carbons (Fsp3) is 1.00. The first-order valence-corrected chi connectivity index (χ1v) is 8.46. The zero-order valence-corrected chi connectivity index (χ0v) is 14.5. The van der Waals surface area contributed by atoms with E-state index in [-0.39, 0.29) is 5.60 Å². The highest BCUT2D eigenvalue weighted by Crippen LogP contribution is 2.22. The summed E-state index contributed by atoms with van der Waals surface area (Å²) in [7, 11) is 1.82. The number of methoxy groups -OCH3 is 1. The molecule has 3 unspecified atom stereocenters. The van der Waals surface area contributed by atoms with Gasteiger partial charge in [0.2, 0.25) is 0 Å². The van der Waals surface area contributed by atoms with Crippen molar-refractivity contribution in [3.05, 3.63) is 0 Å². The second-order valence-corrected chi connectivity index (χ2v) is 7.06. The molecule has 3 heteroatoms. The van der Waals surface area contributed by atoms with Crippen LogP contribution >= 0.6 is 0 Å². The Morgan fingerprint density at radius 3 is 2.60 bits per heavy atom. The molecule has 0 spiro atoms. The Morgan fingerprint density at radius 2 is 2.05 bits per heavy atom. The van der Waals surface area contributed by atoms with E-state index in [0.717, 1.165) is 25.4 Å². The number of nitrogens with zero attached hydrogens (tertiary/aromatic N) is 1. The van der Waals surface area contributed by atoms with Crippen molar-refractivity contribution in [2.24, 2.45) is 5.92 Å². The minimum Gasteiger partial charge on any atom is -0.379 e. The van der Waals surface area contributed by atoms with Crippen LogP contribution in [-0.4, -0.2) is 49.3 Å². The van der Waals surface area contributed by atoms with Crippen LogP contribution < -0.4 is 5.32 Å². The van der Waals surface area contributed by atoms with Crippen LogP contribution in [0.1, 0.15) is 60.3 Å². The number of nitrogens with one attached hydrogen (secondary N) is 1. The van der Waals surface area contributed by atoms with Crippen molar-refractivity contribution in [3.63, 3.8) is 0 Å². The van der Waals surface area contributed by atoms with Crippen LogP contribution in [0.2, 0.25) is 0 Å². The lowest BCUT2D eigenvalue weighted by Gasteiger charge is -2.44. The van der Waals surface area contributed by atoms with E-state index in [0.29, 0.717) is 12.1 Å². The molecule has 0 saturated carbocycles. The maximum atomic E-state index is 5.58. The van der Waals surface area contributed by atoms with Crippen molar-refractivity contribution in [1.29, 1.82) is 0 Å². The van der Waals surface area contributed by atoms with Gasteiger partial charge in [-0.05, 0) is 32.6 Å². The van der Waals surface area contributed by atoms with E-state index in [2.05, 4.69) is 44.8 Å². The summed E-state index contributed by atoms with van der Waals surface area (Å²) in [6.45, 7) is 14.9. The van der Waals surface area contributed by atoms with E-state index in [1.54, 1.807) is 0 Å². The lowest BCUT2D eigenvalue weighted by atomic mass is 9.92. The number of hydrogen-bond donors (Lipinski definition) is 1. The molecular weight excluding hydrogens is 248 g/mol. The molecule has 0 aromatic carbocycles. The van der Waals surface area contributed by atoms with E-state index < -0.39 is 0 Å². The van der Waals surface area contributed by atoms with Crippen LogP contribution in [0.25, 0.3) is 0 Å². The van der Waals surface area contributed by atoms with E-state index in [1.807, 2.05) is 7.11 Å². The second-order valence-electron chi connectivity index (χ2n) is 7.06. The van der Waals surface area contributed by atoms with Gasteiger partial charge in [0, 0.05) is 38.8 Å². The number of hydrogen-bond acceptors (Lipinski definition) is 3. The minimum absolute atomic E-state index is 0.00880. The third kappa shape index (κ3) is 5.34. The Morgan fingerprint density at radius 1 is 1.35 bits per heavy atom. The number of rotatable bonds is 8. The average Bonchev–Trinajstić information content (AvgIpc) is 2.45. The summed E-state index contributed by atoms with van der Waals surface area (Å²) < 4.78 is 5.58. The van der Waals surface area contributed by atoms with Gasteiger partial charge in [0.1, 0.15) is 0 Å². The SMILES string of the molecule is CCCC1CN(CCC(C)(C)OC)C(C(C)CC)CN1. The quantitative estimate of drug-likeness (QED) is 0.740. The van der Waals surface area contributed by atoms with Gasteiger partial charge in [-0.15, -0.1) is 0 Å². The first-order chi connectivity index (χ1) is 9.43. The lowest BCUT2D eigenvalue weighted by molar-refractivity contribution is -0.00490. The smallest absolute Gasteiger partial charge is 0.0634 e. The van der Waals surface area contributed by atoms with Gasteiger partial charge in [0.05, 0.1) is 5.60 Å². The topological polar surface area (TPSA) is 24.5 Å². The van der Waals surface area contributed by atoms with Gasteiger partial charge in [-0.25, -0.2) is 0 Å². The van der Waals surface area contributed by atoms with Crippen LogP contribution in [0, 0.1) is 5.92 Å². The molecule has 0 bridgehead atoms. The molecule has 1 aliphatic rings. The summed E-state index contributed by atoms with van der Waals surface area (Å²) in [4.78, 5) is 2.71. The number of ether oxygens (including phenoxy) is 1. The summed E-state index contributed by atoms with van der Waals surface area (Å²) in [5.74, 6) is 0.760. The van der Waals surface area contributed by atoms with Crippen LogP contribution in [0.3, 0.4) is 0 Å². The molecule has 0 radical (unpaired) electrons. The van der Waals surface area contributed by atoms with E-state index in [1.165, 1.54) is 25.8 Å². The molecule has 1 N–H and O–H groups in total. The van der Waals surface area contributed by atoms with Crippen molar-refractivity contribution in [3.8, 4) is 0 Å². The maximum Gasteiger partial charge on any atom is 0.0634 e. The Balaban J connectivity index is 2.61. The van der Waals surface area contributed by atoms with Gasteiger partial charge in [-0.2, -0.15) is 0 Å². The van der Waals surface area contributed by atoms with Crippen LogP contribution in [0.15, 0.2) is 0 Å². The Hall–Kier alpha value is -0.120. The minimum atomic E-state index is -0.00880. The highest BCUT2D eigenvalue weighted by atomic mass is 16.5. The van der Waals surface area contributed by atoms with Crippen molar-refractivity contribution >= 4 is 0 Å². The molecule has 120 valence electrons. The predicted molar refractivity (Wildman–Crippen MR) is 87.2 cm³/mol.